The van der Waals surface area contributed by atoms with Crippen molar-refractivity contribution in [2.24, 2.45) is 0 Å². The van der Waals surface area contributed by atoms with Gasteiger partial charge in [0.1, 0.15) is 5.00 Å². The molecule has 0 bridgehead atoms. The lowest BCUT2D eigenvalue weighted by Gasteiger charge is -2.28. The molecule has 1 aromatic heterocycles. The third kappa shape index (κ3) is 5.24. The molecule has 2 N–H and O–H groups in total. The van der Waals surface area contributed by atoms with Crippen LogP contribution in [0.5, 0.6) is 0 Å². The predicted octanol–water partition coefficient (Wildman–Crippen LogP) is 0.925. The van der Waals surface area contributed by atoms with Crippen LogP contribution in [0.3, 0.4) is 0 Å². The fourth-order valence-corrected chi connectivity index (χ4v) is 1.20. The molecule has 1 heterocycles. The molecule has 8 nitrogen and oxygen atoms in total. The average Bonchev–Trinajstić information content (AvgIpc) is 2.76. The summed E-state index contributed by atoms with van der Waals surface area (Å²) < 4.78 is 3.58. The number of aromatic nitrogens is 2. The van der Waals surface area contributed by atoms with Gasteiger partial charge in [-0.1, -0.05) is 11.1 Å². The number of urea groups is 1. The van der Waals surface area contributed by atoms with Gasteiger partial charge in [0.15, 0.2) is 0 Å². The van der Waals surface area contributed by atoms with Gasteiger partial charge >= 0.3 is 6.03 Å². The summed E-state index contributed by atoms with van der Waals surface area (Å²) in [6, 6.07) is -0.410. The number of hydroxylamine groups is 2. The highest BCUT2D eigenvalue weighted by molar-refractivity contribution is 7.10. The smallest absolute Gasteiger partial charge is 0.320 e. The Kier molecular flexibility index (Phi) is 5.33. The Balaban J connectivity index is 2.10. The first-order chi connectivity index (χ1) is 8.09. The average molecular weight is 258 g/mol. The molecule has 0 radical (unpaired) electrons. The molecule has 1 aromatic rings. The van der Waals surface area contributed by atoms with Crippen molar-refractivity contribution in [3.05, 3.63) is 23.7 Å². The highest BCUT2D eigenvalue weighted by atomic mass is 32.1. The Labute approximate surface area is 102 Å². The van der Waals surface area contributed by atoms with Gasteiger partial charge in [-0.15, -0.1) is 5.10 Å². The summed E-state index contributed by atoms with van der Waals surface area (Å²) in [6.45, 7) is 5.17. The first-order valence-corrected chi connectivity index (χ1v) is 5.45. The van der Waals surface area contributed by atoms with Crippen molar-refractivity contribution in [1.82, 2.24) is 20.1 Å². The van der Waals surface area contributed by atoms with Crippen molar-refractivity contribution in [1.29, 1.82) is 0 Å². The van der Waals surface area contributed by atoms with Gasteiger partial charge in [-0.3, -0.25) is 10.2 Å². The van der Waals surface area contributed by atoms with Crippen molar-refractivity contribution in [3.8, 4) is 0 Å². The number of nitrogens with zero attached hydrogens (tertiary/aromatic N) is 3. The van der Waals surface area contributed by atoms with Gasteiger partial charge in [0, 0.05) is 23.8 Å². The van der Waals surface area contributed by atoms with Gasteiger partial charge in [-0.2, -0.15) is 0 Å². The quantitative estimate of drug-likeness (QED) is 0.581. The minimum Gasteiger partial charge on any atom is -0.734 e. The van der Waals surface area contributed by atoms with E-state index in [1.165, 1.54) is 13.1 Å². The van der Waals surface area contributed by atoms with Crippen LogP contribution in [-0.4, -0.2) is 34.0 Å². The van der Waals surface area contributed by atoms with Crippen LogP contribution in [-0.2, 0) is 4.84 Å². The lowest BCUT2D eigenvalue weighted by Crippen LogP contribution is -2.32. The Hall–Kier alpha value is -1.71. The number of amides is 2. The van der Waals surface area contributed by atoms with E-state index in [1.807, 2.05) is 0 Å². The third-order valence-electron chi connectivity index (χ3n) is 1.51. The molecule has 0 aliphatic rings. The molecule has 0 fully saturated rings. The van der Waals surface area contributed by atoms with E-state index in [0.29, 0.717) is 10.2 Å². The number of hydrogen-bond donors (Lipinski definition) is 2. The van der Waals surface area contributed by atoms with Gasteiger partial charge < -0.3 is 15.8 Å². The van der Waals surface area contributed by atoms with Crippen LogP contribution in [0.1, 0.15) is 6.92 Å². The highest BCUT2D eigenvalue weighted by Crippen LogP contribution is 2.07. The fourth-order valence-electron chi connectivity index (χ4n) is 0.782. The highest BCUT2D eigenvalue weighted by Gasteiger charge is 2.02. The van der Waals surface area contributed by atoms with Crippen molar-refractivity contribution in [2.45, 2.75) is 6.92 Å². The lowest BCUT2D eigenvalue weighted by molar-refractivity contribution is -0.0889. The van der Waals surface area contributed by atoms with E-state index in [2.05, 4.69) is 26.8 Å². The molecular formula is C8H12N5O3S-. The van der Waals surface area contributed by atoms with Crippen LogP contribution >= 0.6 is 11.5 Å². The molecule has 94 valence electrons. The van der Waals surface area contributed by atoms with Crippen molar-refractivity contribution in [3.63, 3.8) is 0 Å². The number of carbonyl (C=O) groups excluding carboxylic acids is 1. The van der Waals surface area contributed by atoms with Gasteiger partial charge in [0.05, 0.1) is 12.8 Å². The summed E-state index contributed by atoms with van der Waals surface area (Å²) >= 11 is 1.07. The van der Waals surface area contributed by atoms with Crippen LogP contribution < -0.4 is 10.6 Å². The van der Waals surface area contributed by atoms with Crippen LogP contribution in [0.25, 0.3) is 0 Å². The molecule has 0 aliphatic carbocycles. The van der Waals surface area contributed by atoms with Crippen LogP contribution in [0.2, 0.25) is 0 Å². The molecule has 1 rings (SSSR count). The van der Waals surface area contributed by atoms with E-state index >= 15 is 0 Å². The van der Waals surface area contributed by atoms with Crippen LogP contribution in [0.15, 0.2) is 18.5 Å². The first kappa shape index (κ1) is 13.4. The molecule has 0 spiro atoms. The number of anilines is 1. The normalized spacial score (nSPS) is 9.76. The Morgan fingerprint density at radius 2 is 2.53 bits per heavy atom. The topological polar surface area (TPSA) is 102 Å². The maximum Gasteiger partial charge on any atom is 0.320 e. The molecule has 0 aliphatic heterocycles. The number of nitrogens with one attached hydrogen (secondary N) is 2. The van der Waals surface area contributed by atoms with Gasteiger partial charge in [-0.25, -0.2) is 4.79 Å². The van der Waals surface area contributed by atoms with Crippen LogP contribution in [0.4, 0.5) is 9.80 Å². The van der Waals surface area contributed by atoms with Gasteiger partial charge in [0.25, 0.3) is 0 Å². The first-order valence-electron chi connectivity index (χ1n) is 4.67. The third-order valence-corrected chi connectivity index (χ3v) is 2.09. The molecule has 9 heteroatoms. The predicted molar refractivity (Wildman–Crippen MR) is 62.9 cm³/mol. The minimum atomic E-state index is -0.410. The van der Waals surface area contributed by atoms with Crippen molar-refractivity contribution < 1.29 is 9.63 Å². The largest absolute Gasteiger partial charge is 0.734 e. The number of carbonyl (C=O) groups is 1. The fraction of sp³-hybridized carbons (Fsp3) is 0.375. The maximum absolute atomic E-state index is 11.3. The molecule has 0 aromatic carbocycles. The minimum absolute atomic E-state index is 0.0602. The second-order valence-electron chi connectivity index (χ2n) is 2.99. The summed E-state index contributed by atoms with van der Waals surface area (Å²) in [4.78, 5) is 16.0. The monoisotopic (exact) mass is 258 g/mol. The number of rotatable bonds is 6. The molecule has 0 atom stereocenters. The number of allylic oxidation sites excluding steroid dienone is 1. The summed E-state index contributed by atoms with van der Waals surface area (Å²) in [7, 11) is 0. The zero-order valence-electron chi connectivity index (χ0n) is 9.17. The zero-order valence-corrected chi connectivity index (χ0v) is 9.99. The van der Waals surface area contributed by atoms with E-state index in [1.54, 1.807) is 0 Å². The van der Waals surface area contributed by atoms with E-state index in [9.17, 15) is 10.0 Å². The SMILES string of the molecule is C=C(C)N([O-])OCCNC(=O)Nc1cnns1. The Bertz CT molecular complexity index is 369. The van der Waals surface area contributed by atoms with Gasteiger partial charge in [-0.05, 0) is 6.92 Å². The van der Waals surface area contributed by atoms with Crippen molar-refractivity contribution in [2.75, 3.05) is 18.5 Å². The standard InChI is InChI=1S/C8H12N5O3S/c1-6(2)13(15)16-4-3-9-8(14)11-7-5-10-12-17-7/h5H,1,3-4H2,2H3,(H2,9,11,14)/q-1. The molecular weight excluding hydrogens is 246 g/mol. The second kappa shape index (κ2) is 6.78. The molecule has 2 amide bonds. The molecule has 0 saturated heterocycles. The van der Waals surface area contributed by atoms with E-state index < -0.39 is 6.03 Å². The second-order valence-corrected chi connectivity index (χ2v) is 3.77. The van der Waals surface area contributed by atoms with Gasteiger partial charge in [0.2, 0.25) is 0 Å². The Morgan fingerprint density at radius 1 is 1.76 bits per heavy atom. The lowest BCUT2D eigenvalue weighted by atomic mass is 10.6. The molecule has 0 saturated carbocycles. The summed E-state index contributed by atoms with van der Waals surface area (Å²) in [5.41, 5.74) is 0.241. The molecule has 17 heavy (non-hydrogen) atoms. The van der Waals surface area contributed by atoms with Crippen LogP contribution in [0, 0.1) is 5.21 Å². The maximum atomic E-state index is 11.3. The number of hydrogen-bond acceptors (Lipinski definition) is 7. The van der Waals surface area contributed by atoms with E-state index in [4.69, 9.17) is 4.84 Å². The molecule has 0 unspecified atom stereocenters. The summed E-state index contributed by atoms with van der Waals surface area (Å²) in [5.74, 6) is 0. The summed E-state index contributed by atoms with van der Waals surface area (Å²) in [5, 5.41) is 20.3. The summed E-state index contributed by atoms with van der Waals surface area (Å²) in [6.07, 6.45) is 1.43. The van der Waals surface area contributed by atoms with Crippen molar-refractivity contribution >= 4 is 22.6 Å². The van der Waals surface area contributed by atoms with E-state index in [-0.39, 0.29) is 18.8 Å². The Morgan fingerprint density at radius 3 is 3.12 bits per heavy atom. The van der Waals surface area contributed by atoms with E-state index in [0.717, 1.165) is 11.5 Å². The zero-order chi connectivity index (χ0) is 12.7.